The van der Waals surface area contributed by atoms with Gasteiger partial charge in [-0.3, -0.25) is 8.61 Å². The molecule has 1 fully saturated rings. The Labute approximate surface area is 131 Å². The fourth-order valence-corrected chi connectivity index (χ4v) is 4.22. The highest BCUT2D eigenvalue weighted by Gasteiger charge is 2.23. The molecule has 116 valence electrons. The van der Waals surface area contributed by atoms with E-state index in [-0.39, 0.29) is 5.54 Å². The lowest BCUT2D eigenvalue weighted by Gasteiger charge is -2.28. The van der Waals surface area contributed by atoms with Gasteiger partial charge in [-0.05, 0) is 20.8 Å². The lowest BCUT2D eigenvalue weighted by atomic mass is 10.1. The van der Waals surface area contributed by atoms with Crippen LogP contribution in [0.1, 0.15) is 26.5 Å². The van der Waals surface area contributed by atoms with E-state index in [1.165, 1.54) is 5.69 Å². The van der Waals surface area contributed by atoms with E-state index in [9.17, 15) is 4.21 Å². The van der Waals surface area contributed by atoms with Gasteiger partial charge in [0.1, 0.15) is 0 Å². The summed E-state index contributed by atoms with van der Waals surface area (Å²) in [6.45, 7) is 8.96. The van der Waals surface area contributed by atoms with Crippen LogP contribution >= 0.6 is 11.3 Å². The molecule has 0 saturated carbocycles. The molecular formula is C14H22N4OS2. The van der Waals surface area contributed by atoms with Crippen molar-refractivity contribution in [3.8, 4) is 0 Å². The molecule has 1 N–H and O–H groups in total. The summed E-state index contributed by atoms with van der Waals surface area (Å²) >= 11 is 1.66. The van der Waals surface area contributed by atoms with E-state index in [4.69, 9.17) is 4.98 Å². The monoisotopic (exact) mass is 326 g/mol. The number of imidazole rings is 1. The van der Waals surface area contributed by atoms with Crippen LogP contribution in [-0.4, -0.2) is 43.7 Å². The summed E-state index contributed by atoms with van der Waals surface area (Å²) in [4.78, 5) is 8.10. The molecule has 1 aliphatic heterocycles. The summed E-state index contributed by atoms with van der Waals surface area (Å²) in [5.74, 6) is 2.55. The van der Waals surface area contributed by atoms with Crippen molar-refractivity contribution in [1.29, 1.82) is 0 Å². The van der Waals surface area contributed by atoms with Gasteiger partial charge in [0.2, 0.25) is 0 Å². The summed E-state index contributed by atoms with van der Waals surface area (Å²) in [5, 5.41) is 5.62. The molecule has 2 aromatic rings. The SMILES string of the molecule is CC(C)(C)NCc1c(N2CCS(=O)CC2)nc2sccn12. The Morgan fingerprint density at radius 1 is 1.38 bits per heavy atom. The summed E-state index contributed by atoms with van der Waals surface area (Å²) in [6.07, 6.45) is 2.08. The van der Waals surface area contributed by atoms with Crippen LogP contribution in [0.25, 0.3) is 4.96 Å². The van der Waals surface area contributed by atoms with Gasteiger partial charge in [-0.25, -0.2) is 4.98 Å². The molecule has 3 rings (SSSR count). The van der Waals surface area contributed by atoms with Gasteiger partial charge in [-0.1, -0.05) is 0 Å². The number of hydrogen-bond donors (Lipinski definition) is 1. The van der Waals surface area contributed by atoms with Crippen LogP contribution in [-0.2, 0) is 17.3 Å². The maximum atomic E-state index is 11.6. The first kappa shape index (κ1) is 15.0. The first-order valence-corrected chi connectivity index (χ1v) is 9.60. The highest BCUT2D eigenvalue weighted by atomic mass is 32.2. The van der Waals surface area contributed by atoms with E-state index in [1.54, 1.807) is 11.3 Å². The van der Waals surface area contributed by atoms with Gasteiger partial charge in [-0.15, -0.1) is 11.3 Å². The van der Waals surface area contributed by atoms with Crippen LogP contribution < -0.4 is 10.2 Å². The van der Waals surface area contributed by atoms with Gasteiger partial charge in [0.15, 0.2) is 10.8 Å². The molecule has 1 saturated heterocycles. The molecule has 2 aromatic heterocycles. The van der Waals surface area contributed by atoms with Crippen LogP contribution in [0.4, 0.5) is 5.82 Å². The minimum Gasteiger partial charge on any atom is -0.353 e. The molecule has 5 nitrogen and oxygen atoms in total. The summed E-state index contributed by atoms with van der Waals surface area (Å²) in [7, 11) is -0.657. The molecule has 0 radical (unpaired) electrons. The van der Waals surface area contributed by atoms with Crippen LogP contribution in [0.2, 0.25) is 0 Å². The van der Waals surface area contributed by atoms with Gasteiger partial charge in [0.05, 0.1) is 5.69 Å². The second kappa shape index (κ2) is 5.70. The Kier molecular flexibility index (Phi) is 4.07. The van der Waals surface area contributed by atoms with Crippen LogP contribution in [0.5, 0.6) is 0 Å². The third kappa shape index (κ3) is 3.30. The Bertz CT molecular complexity index is 646. The Balaban J connectivity index is 1.90. The first-order chi connectivity index (χ1) is 9.94. The number of anilines is 1. The second-order valence-corrected chi connectivity index (χ2v) is 8.95. The van der Waals surface area contributed by atoms with Crippen molar-refractivity contribution in [1.82, 2.24) is 14.7 Å². The largest absolute Gasteiger partial charge is 0.353 e. The van der Waals surface area contributed by atoms with E-state index in [1.807, 2.05) is 0 Å². The van der Waals surface area contributed by atoms with E-state index >= 15 is 0 Å². The topological polar surface area (TPSA) is 49.6 Å². The molecule has 0 unspecified atom stereocenters. The number of thiazole rings is 1. The molecule has 0 aliphatic carbocycles. The van der Waals surface area contributed by atoms with Gasteiger partial charge in [0, 0.05) is 59.1 Å². The smallest absolute Gasteiger partial charge is 0.195 e. The van der Waals surface area contributed by atoms with Gasteiger partial charge in [0.25, 0.3) is 0 Å². The lowest BCUT2D eigenvalue weighted by molar-refractivity contribution is 0.420. The van der Waals surface area contributed by atoms with Crippen molar-refractivity contribution >= 4 is 32.9 Å². The van der Waals surface area contributed by atoms with Crippen molar-refractivity contribution < 1.29 is 4.21 Å². The lowest BCUT2D eigenvalue weighted by Crippen LogP contribution is -2.40. The van der Waals surface area contributed by atoms with E-state index in [0.717, 1.165) is 41.9 Å². The zero-order valence-corrected chi connectivity index (χ0v) is 14.4. The molecule has 0 amide bonds. The predicted octanol–water partition coefficient (Wildman–Crippen LogP) is 1.85. The molecule has 21 heavy (non-hydrogen) atoms. The van der Waals surface area contributed by atoms with Crippen LogP contribution in [0.15, 0.2) is 11.6 Å². The molecule has 1 aliphatic rings. The highest BCUT2D eigenvalue weighted by Crippen LogP contribution is 2.26. The summed E-state index contributed by atoms with van der Waals surface area (Å²) in [6, 6.07) is 0. The minimum atomic E-state index is -0.657. The van der Waals surface area contributed by atoms with Gasteiger partial charge in [-0.2, -0.15) is 0 Å². The van der Waals surface area contributed by atoms with Crippen molar-refractivity contribution in [2.45, 2.75) is 32.9 Å². The normalized spacial score (nSPS) is 17.8. The molecule has 0 atom stereocenters. The zero-order valence-electron chi connectivity index (χ0n) is 12.8. The van der Waals surface area contributed by atoms with Crippen molar-refractivity contribution in [2.75, 3.05) is 29.5 Å². The highest BCUT2D eigenvalue weighted by molar-refractivity contribution is 7.85. The zero-order chi connectivity index (χ0) is 15.0. The predicted molar refractivity (Wildman–Crippen MR) is 89.8 cm³/mol. The quantitative estimate of drug-likeness (QED) is 0.935. The molecular weight excluding hydrogens is 304 g/mol. The van der Waals surface area contributed by atoms with Gasteiger partial charge >= 0.3 is 0 Å². The van der Waals surface area contributed by atoms with E-state index in [2.05, 4.69) is 47.0 Å². The fraction of sp³-hybridized carbons (Fsp3) is 0.643. The minimum absolute atomic E-state index is 0.0703. The van der Waals surface area contributed by atoms with Gasteiger partial charge < -0.3 is 10.2 Å². The average Bonchev–Trinajstić information content (AvgIpc) is 2.97. The van der Waals surface area contributed by atoms with Crippen molar-refractivity contribution in [3.63, 3.8) is 0 Å². The fourth-order valence-electron chi connectivity index (χ4n) is 2.44. The molecule has 0 spiro atoms. The standard InChI is InChI=1S/C14H22N4OS2/c1-14(2,3)15-10-11-12(16-13-18(11)4-7-20-13)17-5-8-21(19)9-6-17/h4,7,15H,5-6,8-10H2,1-3H3. The first-order valence-electron chi connectivity index (χ1n) is 7.23. The second-order valence-electron chi connectivity index (χ2n) is 6.38. The number of fused-ring (bicyclic) bond motifs is 1. The maximum absolute atomic E-state index is 11.6. The van der Waals surface area contributed by atoms with E-state index in [0.29, 0.717) is 0 Å². The Hall–Kier alpha value is -0.920. The number of nitrogens with one attached hydrogen (secondary N) is 1. The number of aromatic nitrogens is 2. The van der Waals surface area contributed by atoms with Crippen LogP contribution in [0, 0.1) is 0 Å². The van der Waals surface area contributed by atoms with E-state index < -0.39 is 10.8 Å². The maximum Gasteiger partial charge on any atom is 0.195 e. The molecule has 0 aromatic carbocycles. The molecule has 0 bridgehead atoms. The average molecular weight is 326 g/mol. The summed E-state index contributed by atoms with van der Waals surface area (Å²) < 4.78 is 13.7. The van der Waals surface area contributed by atoms with Crippen molar-refractivity contribution in [2.24, 2.45) is 0 Å². The van der Waals surface area contributed by atoms with Crippen LogP contribution in [0.3, 0.4) is 0 Å². The summed E-state index contributed by atoms with van der Waals surface area (Å²) in [5.41, 5.74) is 1.27. The Morgan fingerprint density at radius 3 is 2.76 bits per heavy atom. The number of rotatable bonds is 3. The molecule has 7 heteroatoms. The molecule has 3 heterocycles. The third-order valence-corrected chi connectivity index (χ3v) is 5.64. The number of nitrogens with zero attached hydrogens (tertiary/aromatic N) is 3. The third-order valence-electron chi connectivity index (χ3n) is 3.60. The Morgan fingerprint density at radius 2 is 2.10 bits per heavy atom. The number of hydrogen-bond acceptors (Lipinski definition) is 5. The van der Waals surface area contributed by atoms with Crippen molar-refractivity contribution in [3.05, 3.63) is 17.3 Å².